The molecule has 2 nitrogen and oxygen atoms in total. The smallest absolute Gasteiger partial charge is 0.119 e. The van der Waals surface area contributed by atoms with Crippen LogP contribution in [0.3, 0.4) is 0 Å². The molecule has 1 aromatic carbocycles. The number of aromatic nitrogens is 1. The highest BCUT2D eigenvalue weighted by Crippen LogP contribution is 2.28. The minimum Gasteiger partial charge on any atom is -0.378 e. The average Bonchev–Trinajstić information content (AvgIpc) is 2.96. The van der Waals surface area contributed by atoms with E-state index in [1.807, 2.05) is 0 Å². The third kappa shape index (κ3) is 2.13. The van der Waals surface area contributed by atoms with Gasteiger partial charge in [-0.25, -0.2) is 4.98 Å². The summed E-state index contributed by atoms with van der Waals surface area (Å²) < 4.78 is 5.10. The summed E-state index contributed by atoms with van der Waals surface area (Å²) in [5.74, 6) is 0. The van der Waals surface area contributed by atoms with Crippen molar-refractivity contribution in [1.29, 1.82) is 0 Å². The topological polar surface area (TPSA) is 22.1 Å². The summed E-state index contributed by atoms with van der Waals surface area (Å²) in [5, 5.41) is 3.16. The number of hydrogen-bond donors (Lipinski definition) is 0. The SMILES string of the molecule is COCc1nc(-c2ccc3c(c2)CCC3)cs1. The first kappa shape index (κ1) is 10.9. The second-order valence-electron chi connectivity index (χ2n) is 4.40. The molecule has 1 aliphatic rings. The normalized spacial score (nSPS) is 13.9. The Morgan fingerprint density at radius 1 is 1.29 bits per heavy atom. The van der Waals surface area contributed by atoms with E-state index in [9.17, 15) is 0 Å². The van der Waals surface area contributed by atoms with Crippen LogP contribution in [-0.4, -0.2) is 12.1 Å². The summed E-state index contributed by atoms with van der Waals surface area (Å²) in [6.07, 6.45) is 3.75. The largest absolute Gasteiger partial charge is 0.378 e. The summed E-state index contributed by atoms with van der Waals surface area (Å²) >= 11 is 1.67. The molecule has 0 amide bonds. The molecule has 0 N–H and O–H groups in total. The van der Waals surface area contributed by atoms with Crippen LogP contribution in [0.25, 0.3) is 11.3 Å². The van der Waals surface area contributed by atoms with Crippen LogP contribution in [0, 0.1) is 0 Å². The summed E-state index contributed by atoms with van der Waals surface area (Å²) in [6.45, 7) is 0.607. The molecule has 0 saturated heterocycles. The fraction of sp³-hybridized carbons (Fsp3) is 0.357. The summed E-state index contributed by atoms with van der Waals surface area (Å²) in [6, 6.07) is 6.75. The molecular weight excluding hydrogens is 230 g/mol. The number of rotatable bonds is 3. The lowest BCUT2D eigenvalue weighted by Crippen LogP contribution is -1.87. The first-order valence-corrected chi connectivity index (χ1v) is 6.80. The van der Waals surface area contributed by atoms with Gasteiger partial charge in [0.1, 0.15) is 5.01 Å². The molecule has 3 rings (SSSR count). The lowest BCUT2D eigenvalue weighted by atomic mass is 10.1. The van der Waals surface area contributed by atoms with Crippen molar-refractivity contribution >= 4 is 11.3 Å². The zero-order chi connectivity index (χ0) is 11.7. The van der Waals surface area contributed by atoms with E-state index in [-0.39, 0.29) is 0 Å². The highest BCUT2D eigenvalue weighted by Gasteiger charge is 2.12. The molecule has 1 aromatic heterocycles. The molecule has 0 unspecified atom stereocenters. The van der Waals surface area contributed by atoms with Gasteiger partial charge < -0.3 is 4.74 Å². The summed E-state index contributed by atoms with van der Waals surface area (Å²) in [7, 11) is 1.70. The molecule has 0 fully saturated rings. The molecule has 1 heterocycles. The standard InChI is InChI=1S/C14H15NOS/c1-16-8-14-15-13(9-17-14)12-6-5-10-3-2-4-11(10)7-12/h5-7,9H,2-4,8H2,1H3. The second kappa shape index (κ2) is 4.59. The van der Waals surface area contributed by atoms with Gasteiger partial charge >= 0.3 is 0 Å². The van der Waals surface area contributed by atoms with Gasteiger partial charge in [0.15, 0.2) is 0 Å². The van der Waals surface area contributed by atoms with E-state index < -0.39 is 0 Å². The zero-order valence-corrected chi connectivity index (χ0v) is 10.7. The Morgan fingerprint density at radius 3 is 3.06 bits per heavy atom. The number of thiazole rings is 1. The first-order valence-electron chi connectivity index (χ1n) is 5.92. The fourth-order valence-electron chi connectivity index (χ4n) is 2.36. The van der Waals surface area contributed by atoms with Gasteiger partial charge in [0.05, 0.1) is 12.3 Å². The summed E-state index contributed by atoms with van der Waals surface area (Å²) in [5.41, 5.74) is 5.34. The number of aryl methyl sites for hydroxylation is 2. The Labute approximate surface area is 105 Å². The first-order chi connectivity index (χ1) is 8.36. The molecule has 0 bridgehead atoms. The Bertz CT molecular complexity index is 533. The maximum Gasteiger partial charge on any atom is 0.119 e. The zero-order valence-electron chi connectivity index (χ0n) is 9.90. The van der Waals surface area contributed by atoms with Gasteiger partial charge in [-0.2, -0.15) is 0 Å². The lowest BCUT2D eigenvalue weighted by molar-refractivity contribution is 0.184. The van der Waals surface area contributed by atoms with Crippen molar-refractivity contribution in [2.24, 2.45) is 0 Å². The Balaban J connectivity index is 1.92. The highest BCUT2D eigenvalue weighted by atomic mass is 32.1. The lowest BCUT2D eigenvalue weighted by Gasteiger charge is -2.02. The number of fused-ring (bicyclic) bond motifs is 1. The molecule has 0 radical (unpaired) electrons. The van der Waals surface area contributed by atoms with Crippen LogP contribution in [0.2, 0.25) is 0 Å². The molecule has 1 aliphatic carbocycles. The van der Waals surface area contributed by atoms with E-state index in [4.69, 9.17) is 4.74 Å². The highest BCUT2D eigenvalue weighted by molar-refractivity contribution is 7.09. The third-order valence-electron chi connectivity index (χ3n) is 3.21. The van der Waals surface area contributed by atoms with E-state index in [1.165, 1.54) is 36.0 Å². The average molecular weight is 245 g/mol. The monoisotopic (exact) mass is 245 g/mol. The molecule has 17 heavy (non-hydrogen) atoms. The number of ether oxygens (including phenoxy) is 1. The number of methoxy groups -OCH3 is 1. The van der Waals surface area contributed by atoms with Crippen molar-refractivity contribution in [2.45, 2.75) is 25.9 Å². The molecule has 0 atom stereocenters. The molecule has 2 aromatic rings. The fourth-order valence-corrected chi connectivity index (χ4v) is 3.14. The maximum atomic E-state index is 5.10. The molecule has 0 saturated carbocycles. The van der Waals surface area contributed by atoms with Gasteiger partial charge in [-0.3, -0.25) is 0 Å². The van der Waals surface area contributed by atoms with Crippen LogP contribution >= 0.6 is 11.3 Å². The molecule has 3 heteroatoms. The Kier molecular flexibility index (Phi) is 2.95. The van der Waals surface area contributed by atoms with Gasteiger partial charge in [0.2, 0.25) is 0 Å². The number of benzene rings is 1. The minimum absolute atomic E-state index is 0.607. The van der Waals surface area contributed by atoms with Crippen molar-refractivity contribution in [3.8, 4) is 11.3 Å². The van der Waals surface area contributed by atoms with Gasteiger partial charge in [-0.05, 0) is 36.5 Å². The van der Waals surface area contributed by atoms with Crippen molar-refractivity contribution < 1.29 is 4.74 Å². The van der Waals surface area contributed by atoms with E-state index in [1.54, 1.807) is 18.4 Å². The minimum atomic E-state index is 0.607. The predicted molar refractivity (Wildman–Crippen MR) is 70.3 cm³/mol. The maximum absolute atomic E-state index is 5.10. The van der Waals surface area contributed by atoms with Gasteiger partial charge in [-0.15, -0.1) is 11.3 Å². The van der Waals surface area contributed by atoms with Crippen molar-refractivity contribution in [2.75, 3.05) is 7.11 Å². The third-order valence-corrected chi connectivity index (χ3v) is 4.04. The second-order valence-corrected chi connectivity index (χ2v) is 5.34. The Hall–Kier alpha value is -1.19. The van der Waals surface area contributed by atoms with Crippen LogP contribution < -0.4 is 0 Å². The van der Waals surface area contributed by atoms with Crippen LogP contribution in [0.4, 0.5) is 0 Å². The van der Waals surface area contributed by atoms with E-state index in [2.05, 4.69) is 28.6 Å². The molecule has 88 valence electrons. The molecule has 0 aliphatic heterocycles. The molecular formula is C14H15NOS. The predicted octanol–water partition coefficient (Wildman–Crippen LogP) is 3.45. The van der Waals surface area contributed by atoms with Crippen molar-refractivity contribution in [3.63, 3.8) is 0 Å². The van der Waals surface area contributed by atoms with Gasteiger partial charge in [0, 0.05) is 18.1 Å². The van der Waals surface area contributed by atoms with Gasteiger partial charge in [0.25, 0.3) is 0 Å². The Morgan fingerprint density at radius 2 is 2.18 bits per heavy atom. The van der Waals surface area contributed by atoms with E-state index >= 15 is 0 Å². The number of hydrogen-bond acceptors (Lipinski definition) is 3. The van der Waals surface area contributed by atoms with Crippen LogP contribution in [0.5, 0.6) is 0 Å². The molecule has 0 spiro atoms. The van der Waals surface area contributed by atoms with E-state index in [0.29, 0.717) is 6.61 Å². The summed E-state index contributed by atoms with van der Waals surface area (Å²) in [4.78, 5) is 4.59. The van der Waals surface area contributed by atoms with Gasteiger partial charge in [-0.1, -0.05) is 12.1 Å². The van der Waals surface area contributed by atoms with Crippen molar-refractivity contribution in [3.05, 3.63) is 39.7 Å². The quantitative estimate of drug-likeness (QED) is 0.826. The number of nitrogens with zero attached hydrogens (tertiary/aromatic N) is 1. The van der Waals surface area contributed by atoms with Crippen LogP contribution in [0.1, 0.15) is 22.6 Å². The van der Waals surface area contributed by atoms with Crippen LogP contribution in [0.15, 0.2) is 23.6 Å². The van der Waals surface area contributed by atoms with Crippen LogP contribution in [-0.2, 0) is 24.2 Å². The van der Waals surface area contributed by atoms with E-state index in [0.717, 1.165) is 10.7 Å². The van der Waals surface area contributed by atoms with Crippen molar-refractivity contribution in [1.82, 2.24) is 4.98 Å².